The van der Waals surface area contributed by atoms with Gasteiger partial charge in [0.2, 0.25) is 11.8 Å². The second kappa shape index (κ2) is 9.19. The van der Waals surface area contributed by atoms with Crippen LogP contribution in [0.5, 0.6) is 0 Å². The van der Waals surface area contributed by atoms with Crippen molar-refractivity contribution < 1.29 is 24.8 Å². The fourth-order valence-electron chi connectivity index (χ4n) is 5.17. The maximum atomic E-state index is 13.6. The monoisotopic (exact) mass is 464 g/mol. The lowest BCUT2D eigenvalue weighted by atomic mass is 9.86. The third-order valence-electron chi connectivity index (χ3n) is 6.74. The highest BCUT2D eigenvalue weighted by Crippen LogP contribution is 2.42. The SMILES string of the molecule is CCOCCCN1CC(=O)N2C(Cc3c([nH]c4ccccc34)C2c2ccc([NH+]([O-])O)cc2)C1=O. The van der Waals surface area contributed by atoms with Crippen molar-refractivity contribution >= 4 is 28.4 Å². The Morgan fingerprint density at radius 2 is 1.94 bits per heavy atom. The predicted molar refractivity (Wildman–Crippen MR) is 124 cm³/mol. The van der Waals surface area contributed by atoms with Crippen molar-refractivity contribution in [3.63, 3.8) is 0 Å². The molecule has 2 aliphatic rings. The number of rotatable bonds is 7. The zero-order valence-corrected chi connectivity index (χ0v) is 19.0. The molecule has 3 unspecified atom stereocenters. The summed E-state index contributed by atoms with van der Waals surface area (Å²) in [5.74, 6) is -0.170. The lowest BCUT2D eigenvalue weighted by molar-refractivity contribution is -0.991. The molecule has 0 spiro atoms. The van der Waals surface area contributed by atoms with Crippen LogP contribution in [-0.2, 0) is 20.7 Å². The molecule has 3 aromatic rings. The van der Waals surface area contributed by atoms with Crippen LogP contribution < -0.4 is 5.23 Å². The van der Waals surface area contributed by atoms with E-state index in [1.54, 1.807) is 34.1 Å². The molecule has 0 bridgehead atoms. The molecule has 0 aliphatic carbocycles. The summed E-state index contributed by atoms with van der Waals surface area (Å²) in [4.78, 5) is 33.8. The van der Waals surface area contributed by atoms with Gasteiger partial charge in [0, 0.05) is 54.9 Å². The van der Waals surface area contributed by atoms with Crippen molar-refractivity contribution in [3.8, 4) is 0 Å². The summed E-state index contributed by atoms with van der Waals surface area (Å²) in [5, 5.41) is 20.7. The zero-order valence-electron chi connectivity index (χ0n) is 19.0. The van der Waals surface area contributed by atoms with Crippen LogP contribution in [0.1, 0.15) is 36.2 Å². The highest BCUT2D eigenvalue weighted by Gasteiger charge is 2.48. The van der Waals surface area contributed by atoms with Gasteiger partial charge in [0.25, 0.3) is 0 Å². The van der Waals surface area contributed by atoms with E-state index in [0.717, 1.165) is 27.7 Å². The first-order chi connectivity index (χ1) is 16.5. The molecule has 1 saturated heterocycles. The Balaban J connectivity index is 1.55. The third kappa shape index (κ3) is 3.86. The van der Waals surface area contributed by atoms with E-state index in [-0.39, 0.29) is 24.0 Å². The Bertz CT molecular complexity index is 1210. The summed E-state index contributed by atoms with van der Waals surface area (Å²) in [5.41, 5.74) is 3.81. The number of nitrogens with zero attached hydrogens (tertiary/aromatic N) is 2. The summed E-state index contributed by atoms with van der Waals surface area (Å²) in [6.45, 7) is 3.61. The molecule has 34 heavy (non-hydrogen) atoms. The van der Waals surface area contributed by atoms with Gasteiger partial charge in [-0.05, 0) is 30.5 Å². The van der Waals surface area contributed by atoms with Crippen LogP contribution in [-0.4, -0.2) is 64.2 Å². The van der Waals surface area contributed by atoms with Gasteiger partial charge in [-0.25, -0.2) is 5.21 Å². The van der Waals surface area contributed by atoms with Crippen LogP contribution >= 0.6 is 0 Å². The first-order valence-electron chi connectivity index (χ1n) is 11.6. The second-order valence-corrected chi connectivity index (χ2v) is 8.72. The molecule has 0 radical (unpaired) electrons. The molecule has 2 aromatic carbocycles. The molecule has 3 N–H and O–H groups in total. The maximum absolute atomic E-state index is 13.6. The molecule has 9 heteroatoms. The van der Waals surface area contributed by atoms with Crippen molar-refractivity contribution in [1.29, 1.82) is 0 Å². The first-order valence-corrected chi connectivity index (χ1v) is 11.6. The van der Waals surface area contributed by atoms with E-state index in [4.69, 9.17) is 4.74 Å². The summed E-state index contributed by atoms with van der Waals surface area (Å²) in [6, 6.07) is 13.4. The van der Waals surface area contributed by atoms with Crippen LogP contribution in [0.25, 0.3) is 10.9 Å². The van der Waals surface area contributed by atoms with Crippen LogP contribution in [0, 0.1) is 5.21 Å². The van der Waals surface area contributed by atoms with Crippen molar-refractivity contribution in [2.45, 2.75) is 31.8 Å². The van der Waals surface area contributed by atoms with Crippen molar-refractivity contribution in [1.82, 2.24) is 14.8 Å². The summed E-state index contributed by atoms with van der Waals surface area (Å²) in [7, 11) is 0. The number of ether oxygens (including phenoxy) is 1. The van der Waals surface area contributed by atoms with Crippen molar-refractivity contribution in [2.24, 2.45) is 0 Å². The molecular weight excluding hydrogens is 436 g/mol. The fraction of sp³-hybridized carbons (Fsp3) is 0.360. The number of hydrogen-bond donors (Lipinski definition) is 3. The van der Waals surface area contributed by atoms with E-state index in [1.807, 2.05) is 31.2 Å². The second-order valence-electron chi connectivity index (χ2n) is 8.72. The van der Waals surface area contributed by atoms with Crippen LogP contribution in [0.2, 0.25) is 0 Å². The van der Waals surface area contributed by atoms with E-state index in [1.165, 1.54) is 0 Å². The number of H-pyrrole nitrogens is 1. The Kier molecular flexibility index (Phi) is 6.09. The van der Waals surface area contributed by atoms with Crippen molar-refractivity contribution in [3.05, 3.63) is 70.6 Å². The number of benzene rings is 2. The molecule has 178 valence electrons. The Hall–Kier alpha value is -3.24. The highest BCUT2D eigenvalue weighted by atomic mass is 16.8. The molecule has 3 atom stereocenters. The number of piperazine rings is 1. The number of fused-ring (bicyclic) bond motifs is 4. The van der Waals surface area contributed by atoms with Gasteiger partial charge in [0.15, 0.2) is 5.69 Å². The Morgan fingerprint density at radius 3 is 2.68 bits per heavy atom. The zero-order chi connectivity index (χ0) is 23.8. The van der Waals surface area contributed by atoms with Crippen molar-refractivity contribution in [2.75, 3.05) is 26.3 Å². The number of quaternary nitrogens is 1. The molecule has 9 nitrogen and oxygen atoms in total. The molecule has 2 aliphatic heterocycles. The normalized spacial score (nSPS) is 21.0. The number of carbonyl (C=O) groups excluding carboxylic acids is 2. The maximum Gasteiger partial charge on any atom is 0.246 e. The molecular formula is C25H28N4O5. The predicted octanol–water partition coefficient (Wildman–Crippen LogP) is 1.68. The fourth-order valence-corrected chi connectivity index (χ4v) is 5.17. The number of carbonyl (C=O) groups is 2. The number of aromatic nitrogens is 1. The van der Waals surface area contributed by atoms with Gasteiger partial charge in [-0.15, -0.1) is 0 Å². The van der Waals surface area contributed by atoms with Gasteiger partial charge in [0.1, 0.15) is 6.04 Å². The van der Waals surface area contributed by atoms with Gasteiger partial charge < -0.3 is 24.7 Å². The number of nitrogens with one attached hydrogen (secondary N) is 2. The molecule has 1 aromatic heterocycles. The van der Waals surface area contributed by atoms with Gasteiger partial charge >= 0.3 is 0 Å². The van der Waals surface area contributed by atoms with Crippen LogP contribution in [0.15, 0.2) is 48.5 Å². The van der Waals surface area contributed by atoms with Crippen LogP contribution in [0.4, 0.5) is 5.69 Å². The highest BCUT2D eigenvalue weighted by molar-refractivity contribution is 5.97. The average Bonchev–Trinajstić information content (AvgIpc) is 3.22. The minimum atomic E-state index is -1.01. The van der Waals surface area contributed by atoms with E-state index in [0.29, 0.717) is 32.6 Å². The minimum Gasteiger partial charge on any atom is -0.595 e. The average molecular weight is 465 g/mol. The molecule has 3 heterocycles. The lowest BCUT2D eigenvalue weighted by Gasteiger charge is -2.47. The largest absolute Gasteiger partial charge is 0.595 e. The molecule has 2 amide bonds. The Morgan fingerprint density at radius 1 is 1.18 bits per heavy atom. The summed E-state index contributed by atoms with van der Waals surface area (Å²) < 4.78 is 5.40. The van der Waals surface area contributed by atoms with Gasteiger partial charge in [-0.3, -0.25) is 9.59 Å². The number of hydrogen-bond acceptors (Lipinski definition) is 5. The number of amides is 2. The number of aromatic amines is 1. The third-order valence-corrected chi connectivity index (χ3v) is 6.74. The summed E-state index contributed by atoms with van der Waals surface area (Å²) >= 11 is 0. The van der Waals surface area contributed by atoms with E-state index < -0.39 is 17.3 Å². The molecule has 5 rings (SSSR count). The first kappa shape index (κ1) is 22.5. The molecule has 1 fully saturated rings. The smallest absolute Gasteiger partial charge is 0.246 e. The van der Waals surface area contributed by atoms with E-state index >= 15 is 0 Å². The summed E-state index contributed by atoms with van der Waals surface area (Å²) in [6.07, 6.45) is 1.12. The lowest BCUT2D eigenvalue weighted by Crippen LogP contribution is -2.99. The number of para-hydroxylation sites is 1. The van der Waals surface area contributed by atoms with E-state index in [9.17, 15) is 20.0 Å². The standard InChI is InChI=1S/C25H28N4O5/c1-2-34-13-5-12-27-15-22(30)28-21(25(27)31)14-19-18-6-3-4-7-20(18)26-23(19)24(28)16-8-10-17(11-9-16)29(32)33/h3-4,6-11,21,24,26,29,32H,2,5,12-15H2,1H3. The van der Waals surface area contributed by atoms with Gasteiger partial charge in [0.05, 0.1) is 12.6 Å². The van der Waals surface area contributed by atoms with E-state index in [2.05, 4.69) is 4.98 Å². The van der Waals surface area contributed by atoms with Gasteiger partial charge in [-0.1, -0.05) is 30.3 Å². The van der Waals surface area contributed by atoms with Gasteiger partial charge in [-0.2, -0.15) is 5.23 Å². The topological polar surface area (TPSA) is 113 Å². The van der Waals surface area contributed by atoms with Crippen LogP contribution in [0.3, 0.4) is 0 Å². The minimum absolute atomic E-state index is 0.0285. The molecule has 0 saturated carbocycles. The quantitative estimate of drug-likeness (QED) is 0.364. The Labute approximate surface area is 197 Å².